The van der Waals surface area contributed by atoms with Gasteiger partial charge in [0.25, 0.3) is 0 Å². The van der Waals surface area contributed by atoms with Crippen LogP contribution in [-0.4, -0.2) is 14.5 Å². The van der Waals surface area contributed by atoms with Gasteiger partial charge in [0, 0.05) is 26.9 Å². The maximum absolute atomic E-state index is 6.96. The maximum atomic E-state index is 6.96. The molecule has 6 heteroatoms. The van der Waals surface area contributed by atoms with Crippen LogP contribution in [0.15, 0.2) is 118 Å². The van der Waals surface area contributed by atoms with Crippen LogP contribution in [0.2, 0.25) is 5.15 Å². The monoisotopic (exact) mass is 559 g/mol. The van der Waals surface area contributed by atoms with Gasteiger partial charge in [-0.1, -0.05) is 90.5 Å². The summed E-state index contributed by atoms with van der Waals surface area (Å²) in [5, 5.41) is 10.1. The second kappa shape index (κ2) is 7.87. The average Bonchev–Trinajstić information content (AvgIpc) is 3.69. The summed E-state index contributed by atoms with van der Waals surface area (Å²) in [6.45, 7) is 0. The van der Waals surface area contributed by atoms with Crippen molar-refractivity contribution >= 4 is 99.1 Å². The van der Waals surface area contributed by atoms with Gasteiger partial charge in [0.15, 0.2) is 16.6 Å². The van der Waals surface area contributed by atoms with Crippen LogP contribution in [0, 0.1) is 0 Å². The third-order valence-corrected chi connectivity index (χ3v) is 8.73. The van der Waals surface area contributed by atoms with E-state index in [1.54, 1.807) is 0 Å². The Kier molecular flexibility index (Phi) is 4.18. The molecule has 0 amide bonds. The molecule has 10 aromatic rings. The number of halogens is 1. The molecule has 0 saturated carbocycles. The summed E-state index contributed by atoms with van der Waals surface area (Å²) >= 11 is 6.96. The molecule has 0 fully saturated rings. The summed E-state index contributed by atoms with van der Waals surface area (Å²) in [4.78, 5) is 9.81. The SMILES string of the molecule is Clc1nc2oc3ccccc3c2nc1-n1c2ccccc2c2c3ccccc3c3c4cc5ccccc5cc4oc3c21. The largest absolute Gasteiger partial charge is 0.454 e. The van der Waals surface area contributed by atoms with Crippen LogP contribution < -0.4 is 0 Å². The van der Waals surface area contributed by atoms with E-state index in [-0.39, 0.29) is 5.15 Å². The van der Waals surface area contributed by atoms with Gasteiger partial charge in [-0.25, -0.2) is 4.98 Å². The quantitative estimate of drug-likeness (QED) is 0.201. The van der Waals surface area contributed by atoms with E-state index in [0.717, 1.165) is 70.9 Å². The lowest BCUT2D eigenvalue weighted by atomic mass is 9.98. The highest BCUT2D eigenvalue weighted by atomic mass is 35.5. The zero-order valence-electron chi connectivity index (χ0n) is 21.9. The normalized spacial score (nSPS) is 12.4. The van der Waals surface area contributed by atoms with E-state index in [2.05, 4.69) is 88.4 Å². The van der Waals surface area contributed by atoms with Crippen LogP contribution in [0.25, 0.3) is 93.3 Å². The lowest BCUT2D eigenvalue weighted by molar-refractivity contribution is 0.652. The Morgan fingerprint density at radius 3 is 2.07 bits per heavy atom. The molecule has 6 aromatic carbocycles. The number of hydrogen-bond donors (Lipinski definition) is 0. The molecular weight excluding hydrogens is 542 g/mol. The van der Waals surface area contributed by atoms with Gasteiger partial charge < -0.3 is 8.83 Å². The third kappa shape index (κ3) is 2.78. The highest BCUT2D eigenvalue weighted by molar-refractivity contribution is 6.36. The molecule has 5 nitrogen and oxygen atoms in total. The minimum absolute atomic E-state index is 0.257. The molecule has 0 bridgehead atoms. The van der Waals surface area contributed by atoms with Gasteiger partial charge in [-0.3, -0.25) is 4.57 Å². The van der Waals surface area contributed by atoms with Crippen molar-refractivity contribution in [3.8, 4) is 5.82 Å². The minimum Gasteiger partial charge on any atom is -0.454 e. The molecule has 10 rings (SSSR count). The number of para-hydroxylation sites is 2. The molecule has 0 aliphatic heterocycles. The van der Waals surface area contributed by atoms with Crippen LogP contribution in [0.4, 0.5) is 0 Å². The Balaban J connectivity index is 1.47. The fourth-order valence-corrected chi connectivity index (χ4v) is 6.92. The van der Waals surface area contributed by atoms with Crippen LogP contribution in [-0.2, 0) is 0 Å². The Morgan fingerprint density at radius 2 is 1.24 bits per heavy atom. The zero-order chi connectivity index (χ0) is 27.5. The molecule has 0 radical (unpaired) electrons. The Labute approximate surface area is 242 Å². The van der Waals surface area contributed by atoms with Gasteiger partial charge >= 0.3 is 0 Å². The smallest absolute Gasteiger partial charge is 0.247 e. The number of nitrogens with zero attached hydrogens (tertiary/aromatic N) is 3. The molecule has 4 aromatic heterocycles. The van der Waals surface area contributed by atoms with Crippen molar-refractivity contribution in [2.24, 2.45) is 0 Å². The molecule has 0 spiro atoms. The van der Waals surface area contributed by atoms with Crippen LogP contribution in [0.1, 0.15) is 0 Å². The van der Waals surface area contributed by atoms with Crippen LogP contribution in [0.3, 0.4) is 0 Å². The van der Waals surface area contributed by atoms with Crippen molar-refractivity contribution < 1.29 is 8.83 Å². The lowest BCUT2D eigenvalue weighted by Crippen LogP contribution is -2.00. The van der Waals surface area contributed by atoms with Crippen molar-refractivity contribution in [2.45, 2.75) is 0 Å². The molecule has 0 N–H and O–H groups in total. The Bertz CT molecular complexity index is 2770. The maximum Gasteiger partial charge on any atom is 0.247 e. The molecule has 0 atom stereocenters. The third-order valence-electron chi connectivity index (χ3n) is 8.48. The Hall–Kier alpha value is -5.39. The van der Waals surface area contributed by atoms with E-state index in [9.17, 15) is 0 Å². The van der Waals surface area contributed by atoms with E-state index < -0.39 is 0 Å². The average molecular weight is 560 g/mol. The highest BCUT2D eigenvalue weighted by Gasteiger charge is 2.25. The predicted octanol–water partition coefficient (Wildman–Crippen LogP) is 10.3. The van der Waals surface area contributed by atoms with E-state index in [0.29, 0.717) is 17.0 Å². The summed E-state index contributed by atoms with van der Waals surface area (Å²) < 4.78 is 14.9. The van der Waals surface area contributed by atoms with Gasteiger partial charge in [-0.05, 0) is 51.9 Å². The van der Waals surface area contributed by atoms with E-state index in [1.165, 1.54) is 5.39 Å². The summed E-state index contributed by atoms with van der Waals surface area (Å²) in [5.74, 6) is 0.532. The molecule has 0 unspecified atom stereocenters. The zero-order valence-corrected chi connectivity index (χ0v) is 22.7. The highest BCUT2D eigenvalue weighted by Crippen LogP contribution is 2.46. The molecule has 0 saturated heterocycles. The summed E-state index contributed by atoms with van der Waals surface area (Å²) in [6, 6.07) is 37.5. The van der Waals surface area contributed by atoms with E-state index >= 15 is 0 Å². The molecule has 42 heavy (non-hydrogen) atoms. The van der Waals surface area contributed by atoms with Crippen molar-refractivity contribution in [3.63, 3.8) is 0 Å². The van der Waals surface area contributed by atoms with Crippen molar-refractivity contribution in [2.75, 3.05) is 0 Å². The summed E-state index contributed by atoms with van der Waals surface area (Å²) in [5.41, 5.74) is 5.32. The first kappa shape index (κ1) is 22.3. The molecular formula is C36H18ClN3O2. The first-order valence-corrected chi connectivity index (χ1v) is 14.2. The first-order valence-electron chi connectivity index (χ1n) is 13.8. The second-order valence-corrected chi connectivity index (χ2v) is 11.1. The number of fused-ring (bicyclic) bond motifs is 14. The Morgan fingerprint density at radius 1 is 0.571 bits per heavy atom. The van der Waals surface area contributed by atoms with Gasteiger partial charge in [0.2, 0.25) is 5.71 Å². The topological polar surface area (TPSA) is 57.0 Å². The van der Waals surface area contributed by atoms with Gasteiger partial charge in [0.1, 0.15) is 16.7 Å². The molecule has 4 heterocycles. The van der Waals surface area contributed by atoms with Gasteiger partial charge in [-0.2, -0.15) is 4.98 Å². The standard InChI is InChI=1S/C36H18ClN3O2/c37-34-35(38-31-24-14-6-8-16-27(24)42-36(31)39-34)40-26-15-7-5-13-23(26)29-21-11-3-4-12-22(21)30-25-17-19-9-1-2-10-20(19)18-28(25)41-33(30)32(29)40/h1-18H. The van der Waals surface area contributed by atoms with Gasteiger partial charge in [0.05, 0.1) is 11.0 Å². The molecule has 0 aliphatic rings. The van der Waals surface area contributed by atoms with Crippen molar-refractivity contribution in [3.05, 3.63) is 114 Å². The van der Waals surface area contributed by atoms with E-state index in [4.69, 9.17) is 25.4 Å². The fourth-order valence-electron chi connectivity index (χ4n) is 6.72. The first-order chi connectivity index (χ1) is 20.7. The number of rotatable bonds is 1. The van der Waals surface area contributed by atoms with E-state index in [1.807, 2.05) is 30.3 Å². The minimum atomic E-state index is 0.257. The number of furan rings is 2. The fraction of sp³-hybridized carbons (Fsp3) is 0. The van der Waals surface area contributed by atoms with Crippen molar-refractivity contribution in [1.82, 2.24) is 14.5 Å². The number of benzene rings is 6. The van der Waals surface area contributed by atoms with Crippen LogP contribution in [0.5, 0.6) is 0 Å². The predicted molar refractivity (Wildman–Crippen MR) is 171 cm³/mol. The van der Waals surface area contributed by atoms with Crippen LogP contribution >= 0.6 is 11.6 Å². The second-order valence-electron chi connectivity index (χ2n) is 10.7. The summed E-state index contributed by atoms with van der Waals surface area (Å²) in [6.07, 6.45) is 0. The number of hydrogen-bond acceptors (Lipinski definition) is 4. The lowest BCUT2D eigenvalue weighted by Gasteiger charge is -2.09. The molecule has 0 aliphatic carbocycles. The van der Waals surface area contributed by atoms with Gasteiger partial charge in [-0.15, -0.1) is 0 Å². The summed E-state index contributed by atoms with van der Waals surface area (Å²) in [7, 11) is 0. The van der Waals surface area contributed by atoms with Crippen molar-refractivity contribution in [1.29, 1.82) is 0 Å². The molecule has 196 valence electrons. The number of aromatic nitrogens is 3.